The Morgan fingerprint density at radius 2 is 1.76 bits per heavy atom. The van der Waals surface area contributed by atoms with Crippen molar-refractivity contribution in [3.8, 4) is 5.75 Å². The summed E-state index contributed by atoms with van der Waals surface area (Å²) in [6.45, 7) is 9.36. The molecule has 0 aromatic heterocycles. The maximum Gasteiger partial charge on any atom is 0.118 e. The van der Waals surface area contributed by atoms with Gasteiger partial charge in [0.1, 0.15) is 5.75 Å². The SMILES string of the molecule is CNC(CCc1ccc(OC)cc1)CC(C)CC(C)(C)C. The van der Waals surface area contributed by atoms with Gasteiger partial charge in [0.05, 0.1) is 7.11 Å². The van der Waals surface area contributed by atoms with Crippen molar-refractivity contribution < 1.29 is 4.74 Å². The van der Waals surface area contributed by atoms with Crippen LogP contribution in [0.25, 0.3) is 0 Å². The first-order valence-electron chi connectivity index (χ1n) is 8.14. The minimum absolute atomic E-state index is 0.424. The molecular weight excluding hydrogens is 258 g/mol. The quantitative estimate of drug-likeness (QED) is 0.751. The molecule has 0 fully saturated rings. The normalized spacial score (nSPS) is 14.8. The van der Waals surface area contributed by atoms with Crippen LogP contribution in [0.4, 0.5) is 0 Å². The van der Waals surface area contributed by atoms with E-state index in [0.29, 0.717) is 11.5 Å². The average molecular weight is 291 g/mol. The maximum atomic E-state index is 5.20. The lowest BCUT2D eigenvalue weighted by Gasteiger charge is -2.26. The van der Waals surface area contributed by atoms with Gasteiger partial charge in [0.2, 0.25) is 0 Å². The van der Waals surface area contributed by atoms with Crippen LogP contribution in [0.3, 0.4) is 0 Å². The van der Waals surface area contributed by atoms with Gasteiger partial charge in [-0.15, -0.1) is 0 Å². The van der Waals surface area contributed by atoms with E-state index in [4.69, 9.17) is 4.74 Å². The van der Waals surface area contributed by atoms with Crippen LogP contribution in [0, 0.1) is 11.3 Å². The smallest absolute Gasteiger partial charge is 0.118 e. The summed E-state index contributed by atoms with van der Waals surface area (Å²) >= 11 is 0. The highest BCUT2D eigenvalue weighted by atomic mass is 16.5. The van der Waals surface area contributed by atoms with Gasteiger partial charge in [-0.1, -0.05) is 39.8 Å². The molecule has 0 heterocycles. The van der Waals surface area contributed by atoms with Crippen LogP contribution in [-0.2, 0) is 6.42 Å². The fourth-order valence-electron chi connectivity index (χ4n) is 3.13. The molecule has 0 saturated carbocycles. The number of hydrogen-bond acceptors (Lipinski definition) is 2. The van der Waals surface area contributed by atoms with Crippen LogP contribution in [-0.4, -0.2) is 20.2 Å². The molecule has 1 aromatic carbocycles. The van der Waals surface area contributed by atoms with E-state index in [1.54, 1.807) is 7.11 Å². The topological polar surface area (TPSA) is 21.3 Å². The Bertz CT molecular complexity index is 391. The van der Waals surface area contributed by atoms with Crippen molar-refractivity contribution in [2.75, 3.05) is 14.2 Å². The molecule has 0 bridgehead atoms. The number of aryl methyl sites for hydroxylation is 1. The van der Waals surface area contributed by atoms with Crippen LogP contribution >= 0.6 is 0 Å². The summed E-state index contributed by atoms with van der Waals surface area (Å²) in [7, 11) is 3.80. The molecule has 0 radical (unpaired) electrons. The van der Waals surface area contributed by atoms with Gasteiger partial charge in [0.25, 0.3) is 0 Å². The van der Waals surface area contributed by atoms with Gasteiger partial charge >= 0.3 is 0 Å². The van der Waals surface area contributed by atoms with E-state index >= 15 is 0 Å². The van der Waals surface area contributed by atoms with Crippen molar-refractivity contribution in [2.24, 2.45) is 11.3 Å². The fraction of sp³-hybridized carbons (Fsp3) is 0.684. The maximum absolute atomic E-state index is 5.20. The van der Waals surface area contributed by atoms with Crippen molar-refractivity contribution in [1.82, 2.24) is 5.32 Å². The minimum atomic E-state index is 0.424. The second kappa shape index (κ2) is 8.43. The van der Waals surface area contributed by atoms with Crippen LogP contribution in [0.5, 0.6) is 5.75 Å². The molecule has 0 saturated heterocycles. The monoisotopic (exact) mass is 291 g/mol. The number of methoxy groups -OCH3 is 1. The highest BCUT2D eigenvalue weighted by molar-refractivity contribution is 5.27. The summed E-state index contributed by atoms with van der Waals surface area (Å²) < 4.78 is 5.20. The highest BCUT2D eigenvalue weighted by Crippen LogP contribution is 2.27. The minimum Gasteiger partial charge on any atom is -0.497 e. The van der Waals surface area contributed by atoms with Crippen molar-refractivity contribution in [1.29, 1.82) is 0 Å². The van der Waals surface area contributed by atoms with Crippen LogP contribution in [0.1, 0.15) is 52.5 Å². The first-order valence-corrected chi connectivity index (χ1v) is 8.14. The first-order chi connectivity index (χ1) is 9.84. The Morgan fingerprint density at radius 3 is 2.24 bits per heavy atom. The van der Waals surface area contributed by atoms with E-state index in [2.05, 4.69) is 52.2 Å². The van der Waals surface area contributed by atoms with E-state index in [1.807, 2.05) is 12.1 Å². The zero-order valence-electron chi connectivity index (χ0n) is 14.7. The molecule has 1 rings (SSSR count). The van der Waals surface area contributed by atoms with E-state index in [1.165, 1.54) is 24.8 Å². The molecule has 0 aliphatic carbocycles. The van der Waals surface area contributed by atoms with Gasteiger partial charge in [0, 0.05) is 6.04 Å². The van der Waals surface area contributed by atoms with Crippen molar-refractivity contribution in [2.45, 2.75) is 59.4 Å². The molecule has 0 aliphatic heterocycles. The number of hydrogen-bond donors (Lipinski definition) is 1. The Balaban J connectivity index is 2.42. The fourth-order valence-corrected chi connectivity index (χ4v) is 3.13. The summed E-state index contributed by atoms with van der Waals surface area (Å²) in [6, 6.07) is 9.04. The summed E-state index contributed by atoms with van der Waals surface area (Å²) in [5, 5.41) is 3.49. The third kappa shape index (κ3) is 7.52. The summed E-state index contributed by atoms with van der Waals surface area (Å²) in [6.07, 6.45) is 4.85. The van der Waals surface area contributed by atoms with Gasteiger partial charge in [-0.3, -0.25) is 0 Å². The third-order valence-electron chi connectivity index (χ3n) is 4.00. The summed E-state index contributed by atoms with van der Waals surface area (Å²) in [5.41, 5.74) is 1.81. The summed E-state index contributed by atoms with van der Waals surface area (Å²) in [4.78, 5) is 0. The van der Waals surface area contributed by atoms with E-state index in [0.717, 1.165) is 18.1 Å². The van der Waals surface area contributed by atoms with Crippen molar-refractivity contribution >= 4 is 0 Å². The molecule has 0 aliphatic rings. The molecule has 0 spiro atoms. The lowest BCUT2D eigenvalue weighted by molar-refractivity contribution is 0.274. The predicted octanol–water partition coefficient (Wildman–Crippen LogP) is 4.68. The van der Waals surface area contributed by atoms with Gasteiger partial charge in [-0.25, -0.2) is 0 Å². The van der Waals surface area contributed by atoms with E-state index in [9.17, 15) is 0 Å². The molecule has 2 heteroatoms. The molecular formula is C19H33NO. The Hall–Kier alpha value is -1.02. The first kappa shape index (κ1) is 18.0. The van der Waals surface area contributed by atoms with E-state index < -0.39 is 0 Å². The third-order valence-corrected chi connectivity index (χ3v) is 4.00. The zero-order chi connectivity index (χ0) is 15.9. The number of benzene rings is 1. The molecule has 2 atom stereocenters. The predicted molar refractivity (Wildman–Crippen MR) is 92.0 cm³/mol. The molecule has 120 valence electrons. The molecule has 1 N–H and O–H groups in total. The second-order valence-corrected chi connectivity index (χ2v) is 7.48. The number of ether oxygens (including phenoxy) is 1. The molecule has 1 aromatic rings. The number of rotatable bonds is 8. The molecule has 2 unspecified atom stereocenters. The van der Waals surface area contributed by atoms with Gasteiger partial charge in [0.15, 0.2) is 0 Å². The lowest BCUT2D eigenvalue weighted by Crippen LogP contribution is -2.29. The molecule has 2 nitrogen and oxygen atoms in total. The largest absolute Gasteiger partial charge is 0.497 e. The van der Waals surface area contributed by atoms with Crippen LogP contribution in [0.2, 0.25) is 0 Å². The van der Waals surface area contributed by atoms with Crippen molar-refractivity contribution in [3.05, 3.63) is 29.8 Å². The average Bonchev–Trinajstić information content (AvgIpc) is 2.42. The highest BCUT2D eigenvalue weighted by Gasteiger charge is 2.18. The number of nitrogens with one attached hydrogen (secondary N) is 1. The molecule has 21 heavy (non-hydrogen) atoms. The Labute approximate surface area is 131 Å². The Morgan fingerprint density at radius 1 is 1.14 bits per heavy atom. The standard InChI is InChI=1S/C19H33NO/c1-15(14-19(2,3)4)13-17(20-5)10-7-16-8-11-18(21-6)12-9-16/h8-9,11-12,15,17,20H,7,10,13-14H2,1-6H3. The summed E-state index contributed by atoms with van der Waals surface area (Å²) in [5.74, 6) is 1.70. The van der Waals surface area contributed by atoms with Crippen LogP contribution in [0.15, 0.2) is 24.3 Å². The lowest BCUT2D eigenvalue weighted by atomic mass is 9.82. The zero-order valence-corrected chi connectivity index (χ0v) is 14.7. The molecule has 0 amide bonds. The van der Waals surface area contributed by atoms with Crippen LogP contribution < -0.4 is 10.1 Å². The van der Waals surface area contributed by atoms with Gasteiger partial charge < -0.3 is 10.1 Å². The second-order valence-electron chi connectivity index (χ2n) is 7.48. The van der Waals surface area contributed by atoms with Gasteiger partial charge in [-0.05, 0) is 61.8 Å². The van der Waals surface area contributed by atoms with E-state index in [-0.39, 0.29) is 0 Å². The van der Waals surface area contributed by atoms with Gasteiger partial charge in [-0.2, -0.15) is 0 Å². The van der Waals surface area contributed by atoms with Crippen molar-refractivity contribution in [3.63, 3.8) is 0 Å². The Kier molecular flexibility index (Phi) is 7.24.